The highest BCUT2D eigenvalue weighted by Crippen LogP contribution is 2.42. The molecule has 0 saturated carbocycles. The molecule has 0 amide bonds. The number of hydrogen-bond donors (Lipinski definition) is 0. The number of carbonyl (C=O) groups excluding carboxylic acids is 3. The first-order valence-corrected chi connectivity index (χ1v) is 6.88. The third-order valence-electron chi connectivity index (χ3n) is 4.27. The molecule has 0 bridgehead atoms. The number of carboxylic acids is 3. The molecule has 0 spiro atoms. The Morgan fingerprint density at radius 2 is 1.50 bits per heavy atom. The van der Waals surface area contributed by atoms with Crippen molar-refractivity contribution in [3.8, 4) is 0 Å². The van der Waals surface area contributed by atoms with E-state index in [1.807, 2.05) is 0 Å². The number of carbonyl (C=O) groups is 3. The minimum atomic E-state index is -1.43. The zero-order valence-corrected chi connectivity index (χ0v) is 12.1. The third kappa shape index (κ3) is 3.95. The van der Waals surface area contributed by atoms with Gasteiger partial charge in [0.2, 0.25) is 0 Å². The molecule has 0 aromatic heterocycles. The molecule has 2 unspecified atom stereocenters. The van der Waals surface area contributed by atoms with Crippen molar-refractivity contribution in [1.82, 2.24) is 0 Å². The average Bonchev–Trinajstić information content (AvgIpc) is 2.37. The second kappa shape index (κ2) is 7.87. The van der Waals surface area contributed by atoms with E-state index in [4.69, 9.17) is 0 Å². The minimum Gasteiger partial charge on any atom is -0.550 e. The van der Waals surface area contributed by atoms with E-state index in [1.54, 1.807) is 20.8 Å². The van der Waals surface area contributed by atoms with Crippen LogP contribution in [0.4, 0.5) is 0 Å². The lowest BCUT2D eigenvalue weighted by atomic mass is 9.64. The van der Waals surface area contributed by atoms with Gasteiger partial charge in [0, 0.05) is 29.2 Å². The second-order valence-corrected chi connectivity index (χ2v) is 5.00. The number of carboxylic acid groups (broad SMARTS) is 3. The highest BCUT2D eigenvalue weighted by molar-refractivity contribution is 5.76. The smallest absolute Gasteiger partial charge is 0.0479 e. The quantitative estimate of drug-likeness (QED) is 0.480. The summed E-state index contributed by atoms with van der Waals surface area (Å²) in [6.45, 7) is 5.00. The highest BCUT2D eigenvalue weighted by Gasteiger charge is 2.40. The number of hydrogen-bond acceptors (Lipinski definition) is 6. The molecule has 20 heavy (non-hydrogen) atoms. The lowest BCUT2D eigenvalue weighted by molar-refractivity contribution is -0.328. The SMILES string of the molecule is CCC(C(CCC(=O)[O-])C(=O)[O-])C(CC)(CC)C(=O)[O-]. The van der Waals surface area contributed by atoms with Crippen LogP contribution in [0, 0.1) is 17.3 Å². The van der Waals surface area contributed by atoms with Gasteiger partial charge in [0.15, 0.2) is 0 Å². The second-order valence-electron chi connectivity index (χ2n) is 5.00. The maximum atomic E-state index is 11.5. The maximum absolute atomic E-state index is 11.5. The van der Waals surface area contributed by atoms with E-state index < -0.39 is 41.6 Å². The van der Waals surface area contributed by atoms with E-state index in [0.29, 0.717) is 6.42 Å². The lowest BCUT2D eigenvalue weighted by Gasteiger charge is -2.44. The molecular formula is C14H21O6-3. The van der Waals surface area contributed by atoms with Gasteiger partial charge in [0.05, 0.1) is 0 Å². The zero-order chi connectivity index (χ0) is 15.9. The van der Waals surface area contributed by atoms with E-state index >= 15 is 0 Å². The van der Waals surface area contributed by atoms with Gasteiger partial charge in [0.1, 0.15) is 0 Å². The van der Waals surface area contributed by atoms with E-state index in [2.05, 4.69) is 0 Å². The Morgan fingerprint density at radius 3 is 1.75 bits per heavy atom. The fourth-order valence-corrected chi connectivity index (χ4v) is 3.03. The monoisotopic (exact) mass is 285 g/mol. The first-order valence-electron chi connectivity index (χ1n) is 6.88. The maximum Gasteiger partial charge on any atom is 0.0479 e. The van der Waals surface area contributed by atoms with Crippen molar-refractivity contribution in [2.24, 2.45) is 17.3 Å². The Balaban J connectivity index is 5.48. The summed E-state index contributed by atoms with van der Waals surface area (Å²) in [6, 6.07) is 0. The fraction of sp³-hybridized carbons (Fsp3) is 0.786. The molecule has 0 aliphatic rings. The molecular weight excluding hydrogens is 264 g/mol. The van der Waals surface area contributed by atoms with Gasteiger partial charge in [-0.05, 0) is 31.6 Å². The molecule has 0 aromatic carbocycles. The van der Waals surface area contributed by atoms with Crippen molar-refractivity contribution in [2.75, 3.05) is 0 Å². The van der Waals surface area contributed by atoms with Crippen LogP contribution < -0.4 is 15.3 Å². The van der Waals surface area contributed by atoms with Crippen LogP contribution in [0.2, 0.25) is 0 Å². The van der Waals surface area contributed by atoms with Crippen LogP contribution >= 0.6 is 0 Å². The van der Waals surface area contributed by atoms with Crippen molar-refractivity contribution < 1.29 is 29.7 Å². The molecule has 6 nitrogen and oxygen atoms in total. The summed E-state index contributed by atoms with van der Waals surface area (Å²) in [4.78, 5) is 33.3. The van der Waals surface area contributed by atoms with E-state index in [1.165, 1.54) is 0 Å². The Bertz CT molecular complexity index is 359. The molecule has 116 valence electrons. The van der Waals surface area contributed by atoms with E-state index in [-0.39, 0.29) is 19.3 Å². The van der Waals surface area contributed by atoms with Gasteiger partial charge in [-0.3, -0.25) is 0 Å². The van der Waals surface area contributed by atoms with Gasteiger partial charge in [0.25, 0.3) is 0 Å². The van der Waals surface area contributed by atoms with Gasteiger partial charge in [-0.15, -0.1) is 0 Å². The predicted molar refractivity (Wildman–Crippen MR) is 64.5 cm³/mol. The molecule has 0 aliphatic heterocycles. The number of rotatable bonds is 10. The highest BCUT2D eigenvalue weighted by atomic mass is 16.4. The number of aliphatic carboxylic acids is 3. The first kappa shape index (κ1) is 18.4. The van der Waals surface area contributed by atoms with E-state index in [0.717, 1.165) is 0 Å². The van der Waals surface area contributed by atoms with Crippen molar-refractivity contribution in [3.05, 3.63) is 0 Å². The van der Waals surface area contributed by atoms with Gasteiger partial charge in [-0.2, -0.15) is 0 Å². The summed E-state index contributed by atoms with van der Waals surface area (Å²) in [5.41, 5.74) is -1.29. The average molecular weight is 285 g/mol. The molecule has 0 rings (SSSR count). The Kier molecular flexibility index (Phi) is 7.24. The Morgan fingerprint density at radius 1 is 1.00 bits per heavy atom. The van der Waals surface area contributed by atoms with Crippen LogP contribution in [0.25, 0.3) is 0 Å². The van der Waals surface area contributed by atoms with Crippen molar-refractivity contribution in [3.63, 3.8) is 0 Å². The van der Waals surface area contributed by atoms with Gasteiger partial charge in [-0.25, -0.2) is 0 Å². The van der Waals surface area contributed by atoms with Crippen molar-refractivity contribution in [1.29, 1.82) is 0 Å². The Labute approximate surface area is 118 Å². The third-order valence-corrected chi connectivity index (χ3v) is 4.27. The summed E-state index contributed by atoms with van der Waals surface area (Å²) in [7, 11) is 0. The summed E-state index contributed by atoms with van der Waals surface area (Å²) < 4.78 is 0. The molecule has 0 heterocycles. The fourth-order valence-electron chi connectivity index (χ4n) is 3.03. The molecule has 0 aromatic rings. The normalized spacial score (nSPS) is 14.6. The molecule has 2 atom stereocenters. The van der Waals surface area contributed by atoms with Crippen LogP contribution in [0.15, 0.2) is 0 Å². The molecule has 0 radical (unpaired) electrons. The zero-order valence-electron chi connectivity index (χ0n) is 12.1. The lowest BCUT2D eigenvalue weighted by Crippen LogP contribution is -2.52. The van der Waals surface area contributed by atoms with Gasteiger partial charge < -0.3 is 29.7 Å². The van der Waals surface area contributed by atoms with Crippen LogP contribution in [-0.4, -0.2) is 17.9 Å². The summed E-state index contributed by atoms with van der Waals surface area (Å²) >= 11 is 0. The molecule has 0 saturated heterocycles. The van der Waals surface area contributed by atoms with Crippen LogP contribution in [0.5, 0.6) is 0 Å². The van der Waals surface area contributed by atoms with Crippen molar-refractivity contribution in [2.45, 2.75) is 52.9 Å². The van der Waals surface area contributed by atoms with E-state index in [9.17, 15) is 29.7 Å². The predicted octanol–water partition coefficient (Wildman–Crippen LogP) is -1.53. The standard InChI is InChI=1S/C14H24O6/c1-4-10(14(5-2,6-3)13(19)20)9(12(17)18)7-8-11(15)16/h9-10H,4-8H2,1-3H3,(H,15,16)(H,17,18)(H,19,20)/p-3. The largest absolute Gasteiger partial charge is 0.550 e. The van der Waals surface area contributed by atoms with Gasteiger partial charge >= 0.3 is 0 Å². The van der Waals surface area contributed by atoms with Crippen LogP contribution in [0.3, 0.4) is 0 Å². The van der Waals surface area contributed by atoms with Gasteiger partial charge in [-0.1, -0.05) is 27.2 Å². The molecule has 0 N–H and O–H groups in total. The molecule has 0 aliphatic carbocycles. The van der Waals surface area contributed by atoms with Crippen LogP contribution in [0.1, 0.15) is 52.9 Å². The summed E-state index contributed by atoms with van der Waals surface area (Å²) in [5, 5.41) is 33.3. The minimum absolute atomic E-state index is 0.196. The topological polar surface area (TPSA) is 120 Å². The van der Waals surface area contributed by atoms with Crippen molar-refractivity contribution >= 4 is 17.9 Å². The first-order chi connectivity index (χ1) is 9.26. The molecule has 6 heteroatoms. The van der Waals surface area contributed by atoms with Crippen LogP contribution in [-0.2, 0) is 14.4 Å². The molecule has 0 fully saturated rings. The summed E-state index contributed by atoms with van der Waals surface area (Å²) in [5.74, 6) is -5.96. The summed E-state index contributed by atoms with van der Waals surface area (Å²) in [6.07, 6.45) is 0.101. The Hall–Kier alpha value is -1.59.